The van der Waals surface area contributed by atoms with E-state index in [2.05, 4.69) is 28.2 Å². The Bertz CT molecular complexity index is 586. The molecule has 0 aliphatic heterocycles. The van der Waals surface area contributed by atoms with Gasteiger partial charge in [-0.1, -0.05) is 12.1 Å². The zero-order valence-electron chi connectivity index (χ0n) is 11.4. The molecule has 0 saturated carbocycles. The summed E-state index contributed by atoms with van der Waals surface area (Å²) in [6, 6.07) is 6.72. The molecule has 3 nitrogen and oxygen atoms in total. The van der Waals surface area contributed by atoms with Crippen LogP contribution >= 0.6 is 0 Å². The van der Waals surface area contributed by atoms with Gasteiger partial charge in [0, 0.05) is 17.7 Å². The van der Waals surface area contributed by atoms with Crippen molar-refractivity contribution in [3.63, 3.8) is 0 Å². The van der Waals surface area contributed by atoms with E-state index in [0.717, 1.165) is 17.2 Å². The molecule has 0 spiro atoms. The summed E-state index contributed by atoms with van der Waals surface area (Å²) in [7, 11) is 0. The number of aliphatic hydroxyl groups excluding tert-OH is 1. The number of aromatic nitrogens is 2. The Labute approximate surface area is 113 Å². The first kappa shape index (κ1) is 12.4. The van der Waals surface area contributed by atoms with E-state index in [1.807, 2.05) is 6.92 Å². The van der Waals surface area contributed by atoms with E-state index in [1.54, 1.807) is 0 Å². The maximum absolute atomic E-state index is 8.99. The molecule has 0 fully saturated rings. The van der Waals surface area contributed by atoms with Crippen LogP contribution < -0.4 is 0 Å². The monoisotopic (exact) mass is 256 g/mol. The molecule has 1 heterocycles. The second-order valence-electron chi connectivity index (χ2n) is 5.32. The molecule has 0 unspecified atom stereocenters. The molecule has 0 amide bonds. The van der Waals surface area contributed by atoms with Crippen molar-refractivity contribution in [1.29, 1.82) is 0 Å². The quantitative estimate of drug-likeness (QED) is 0.887. The molecule has 3 heteroatoms. The maximum atomic E-state index is 8.99. The summed E-state index contributed by atoms with van der Waals surface area (Å²) in [5, 5.41) is 8.99. The molecule has 19 heavy (non-hydrogen) atoms. The van der Waals surface area contributed by atoms with Crippen molar-refractivity contribution in [1.82, 2.24) is 9.97 Å². The number of fused-ring (bicyclic) bond motifs is 1. The lowest BCUT2D eigenvalue weighted by Gasteiger charge is -2.16. The number of benzene rings is 1. The topological polar surface area (TPSA) is 48.9 Å². The smallest absolute Gasteiger partial charge is 0.109 e. The van der Waals surface area contributed by atoms with Crippen molar-refractivity contribution < 1.29 is 5.11 Å². The van der Waals surface area contributed by atoms with Crippen LogP contribution in [-0.2, 0) is 19.3 Å². The first-order chi connectivity index (χ1) is 9.28. The highest BCUT2D eigenvalue weighted by atomic mass is 16.3. The van der Waals surface area contributed by atoms with Crippen LogP contribution in [0.5, 0.6) is 0 Å². The van der Waals surface area contributed by atoms with Gasteiger partial charge in [0.2, 0.25) is 0 Å². The Balaban J connectivity index is 1.97. The number of aliphatic hydroxyl groups is 1. The van der Waals surface area contributed by atoms with E-state index in [0.29, 0.717) is 6.42 Å². The average Bonchev–Trinajstić information content (AvgIpc) is 2.79. The number of aromatic amines is 1. The zero-order valence-corrected chi connectivity index (χ0v) is 11.4. The third kappa shape index (κ3) is 2.43. The van der Waals surface area contributed by atoms with Crippen LogP contribution in [0.1, 0.15) is 35.5 Å². The molecule has 2 N–H and O–H groups in total. The molecule has 2 aromatic rings. The van der Waals surface area contributed by atoms with Crippen LogP contribution in [0.2, 0.25) is 0 Å². The molecule has 0 saturated heterocycles. The van der Waals surface area contributed by atoms with E-state index in [-0.39, 0.29) is 6.61 Å². The second kappa shape index (κ2) is 5.17. The van der Waals surface area contributed by atoms with E-state index in [1.165, 1.54) is 42.4 Å². The number of hydrogen-bond donors (Lipinski definition) is 2. The highest BCUT2D eigenvalue weighted by Gasteiger charge is 2.13. The molecular weight excluding hydrogens is 236 g/mol. The van der Waals surface area contributed by atoms with Gasteiger partial charge in [-0.15, -0.1) is 0 Å². The lowest BCUT2D eigenvalue weighted by Crippen LogP contribution is -2.02. The first-order valence-corrected chi connectivity index (χ1v) is 7.06. The van der Waals surface area contributed by atoms with Gasteiger partial charge in [0.05, 0.1) is 12.3 Å². The summed E-state index contributed by atoms with van der Waals surface area (Å²) < 4.78 is 0. The van der Waals surface area contributed by atoms with Crippen LogP contribution in [-0.4, -0.2) is 21.7 Å². The predicted octanol–water partition coefficient (Wildman–Crippen LogP) is 2.80. The lowest BCUT2D eigenvalue weighted by molar-refractivity contribution is 0.297. The Morgan fingerprint density at radius 1 is 1.21 bits per heavy atom. The molecule has 0 atom stereocenters. The van der Waals surface area contributed by atoms with Crippen molar-refractivity contribution in [2.45, 2.75) is 39.0 Å². The van der Waals surface area contributed by atoms with Crippen molar-refractivity contribution in [3.05, 3.63) is 40.8 Å². The number of hydrogen-bond acceptors (Lipinski definition) is 2. The molecule has 1 aliphatic rings. The Kier molecular flexibility index (Phi) is 3.38. The molecule has 100 valence electrons. The third-order valence-corrected chi connectivity index (χ3v) is 3.90. The molecule has 0 bridgehead atoms. The Morgan fingerprint density at radius 3 is 2.79 bits per heavy atom. The molecule has 0 radical (unpaired) electrons. The van der Waals surface area contributed by atoms with Gasteiger partial charge < -0.3 is 10.1 Å². The Morgan fingerprint density at radius 2 is 2.00 bits per heavy atom. The number of nitrogens with zero attached hydrogens (tertiary/aromatic N) is 1. The number of rotatable bonds is 3. The molecule has 1 aromatic heterocycles. The highest BCUT2D eigenvalue weighted by molar-refractivity contribution is 5.64. The fraction of sp³-hybridized carbons (Fsp3) is 0.438. The third-order valence-electron chi connectivity index (χ3n) is 3.90. The highest BCUT2D eigenvalue weighted by Crippen LogP contribution is 2.28. The van der Waals surface area contributed by atoms with Gasteiger partial charge in [-0.25, -0.2) is 4.98 Å². The van der Waals surface area contributed by atoms with Gasteiger partial charge in [-0.05, 0) is 49.8 Å². The summed E-state index contributed by atoms with van der Waals surface area (Å²) in [6.45, 7) is 2.18. The minimum absolute atomic E-state index is 0.135. The largest absolute Gasteiger partial charge is 0.396 e. The zero-order chi connectivity index (χ0) is 13.2. The fourth-order valence-corrected chi connectivity index (χ4v) is 2.91. The molecule has 3 rings (SSSR count). The van der Waals surface area contributed by atoms with Gasteiger partial charge >= 0.3 is 0 Å². The van der Waals surface area contributed by atoms with Crippen LogP contribution in [0.3, 0.4) is 0 Å². The summed E-state index contributed by atoms with van der Waals surface area (Å²) in [5.41, 5.74) is 6.28. The van der Waals surface area contributed by atoms with E-state index in [4.69, 9.17) is 5.11 Å². The van der Waals surface area contributed by atoms with Gasteiger partial charge in [0.15, 0.2) is 0 Å². The maximum Gasteiger partial charge on any atom is 0.109 e. The summed E-state index contributed by atoms with van der Waals surface area (Å²) in [5.74, 6) is 0.868. The van der Waals surface area contributed by atoms with E-state index in [9.17, 15) is 0 Å². The van der Waals surface area contributed by atoms with Gasteiger partial charge in [0.1, 0.15) is 5.82 Å². The van der Waals surface area contributed by atoms with Gasteiger partial charge in [0.25, 0.3) is 0 Å². The van der Waals surface area contributed by atoms with Crippen molar-refractivity contribution in [3.8, 4) is 11.3 Å². The van der Waals surface area contributed by atoms with E-state index >= 15 is 0 Å². The van der Waals surface area contributed by atoms with E-state index < -0.39 is 0 Å². The van der Waals surface area contributed by atoms with Crippen molar-refractivity contribution >= 4 is 0 Å². The van der Waals surface area contributed by atoms with Gasteiger partial charge in [-0.3, -0.25) is 0 Å². The standard InChI is InChI=1S/C16H20N2O/c1-11-16(18-15(17-11)8-9-19)14-7-6-12-4-2-3-5-13(12)10-14/h6-7,10,19H,2-5,8-9H2,1H3,(H,17,18). The number of nitrogens with one attached hydrogen (secondary N) is 1. The average molecular weight is 256 g/mol. The predicted molar refractivity (Wildman–Crippen MR) is 76.2 cm³/mol. The number of H-pyrrole nitrogens is 1. The molecule has 1 aromatic carbocycles. The minimum atomic E-state index is 0.135. The molecular formula is C16H20N2O. The fourth-order valence-electron chi connectivity index (χ4n) is 2.91. The number of aryl methyl sites for hydroxylation is 3. The SMILES string of the molecule is Cc1[nH]c(CCO)nc1-c1ccc2c(c1)CCCC2. The van der Waals surface area contributed by atoms with Crippen LogP contribution in [0.4, 0.5) is 0 Å². The van der Waals surface area contributed by atoms with Crippen LogP contribution in [0, 0.1) is 6.92 Å². The second-order valence-corrected chi connectivity index (χ2v) is 5.32. The number of imidazole rings is 1. The van der Waals surface area contributed by atoms with Crippen LogP contribution in [0.15, 0.2) is 18.2 Å². The van der Waals surface area contributed by atoms with Crippen LogP contribution in [0.25, 0.3) is 11.3 Å². The lowest BCUT2D eigenvalue weighted by atomic mass is 9.90. The first-order valence-electron chi connectivity index (χ1n) is 7.06. The molecule has 1 aliphatic carbocycles. The Hall–Kier alpha value is -1.61. The summed E-state index contributed by atoms with van der Waals surface area (Å²) >= 11 is 0. The van der Waals surface area contributed by atoms with Crippen molar-refractivity contribution in [2.75, 3.05) is 6.61 Å². The van der Waals surface area contributed by atoms with Gasteiger partial charge in [-0.2, -0.15) is 0 Å². The minimum Gasteiger partial charge on any atom is -0.396 e. The normalized spacial score (nSPS) is 14.4. The summed E-state index contributed by atoms with van der Waals surface area (Å²) in [4.78, 5) is 7.86. The summed E-state index contributed by atoms with van der Waals surface area (Å²) in [6.07, 6.45) is 5.60. The van der Waals surface area contributed by atoms with Crippen molar-refractivity contribution in [2.24, 2.45) is 0 Å².